The lowest BCUT2D eigenvalue weighted by molar-refractivity contribution is 0.0940. The highest BCUT2D eigenvalue weighted by atomic mass is 32.1. The van der Waals surface area contributed by atoms with Gasteiger partial charge in [-0.1, -0.05) is 6.07 Å². The van der Waals surface area contributed by atoms with Gasteiger partial charge in [0.15, 0.2) is 0 Å². The van der Waals surface area contributed by atoms with Crippen molar-refractivity contribution >= 4 is 17.2 Å². The van der Waals surface area contributed by atoms with Crippen LogP contribution in [0.4, 0.5) is 0 Å². The summed E-state index contributed by atoms with van der Waals surface area (Å²) in [6.07, 6.45) is 5.18. The second kappa shape index (κ2) is 7.66. The summed E-state index contributed by atoms with van der Waals surface area (Å²) in [7, 11) is 0. The number of hydrogen-bond donors (Lipinski definition) is 1. The van der Waals surface area contributed by atoms with Gasteiger partial charge in [0.05, 0.1) is 11.4 Å². The van der Waals surface area contributed by atoms with Crippen molar-refractivity contribution in [2.24, 2.45) is 5.92 Å². The van der Waals surface area contributed by atoms with Crippen LogP contribution >= 0.6 is 11.3 Å². The number of aryl methyl sites for hydroxylation is 1. The molecule has 6 heteroatoms. The average Bonchev–Trinajstić information content (AvgIpc) is 3.31. The van der Waals surface area contributed by atoms with Crippen LogP contribution < -0.4 is 5.32 Å². The molecule has 2 heterocycles. The number of nitrogens with zero attached hydrogens (tertiary/aromatic N) is 2. The number of ether oxygens (including phenoxy) is 1. The van der Waals surface area contributed by atoms with Crippen molar-refractivity contribution in [1.29, 1.82) is 0 Å². The summed E-state index contributed by atoms with van der Waals surface area (Å²) < 4.78 is 5.56. The van der Waals surface area contributed by atoms with Gasteiger partial charge in [0.1, 0.15) is 9.88 Å². The molecule has 0 aliphatic heterocycles. The van der Waals surface area contributed by atoms with Crippen LogP contribution in [0.15, 0.2) is 24.4 Å². The molecule has 23 heavy (non-hydrogen) atoms. The summed E-state index contributed by atoms with van der Waals surface area (Å²) in [4.78, 5) is 21.7. The fourth-order valence-electron chi connectivity index (χ4n) is 2.20. The first kappa shape index (κ1) is 16.1. The Kier molecular flexibility index (Phi) is 5.35. The zero-order chi connectivity index (χ0) is 16.1. The number of carbonyl (C=O) groups is 1. The van der Waals surface area contributed by atoms with Crippen LogP contribution in [0.5, 0.6) is 0 Å². The number of carbonyl (C=O) groups excluding carboxylic acids is 1. The molecule has 0 bridgehead atoms. The minimum Gasteiger partial charge on any atom is -0.381 e. The van der Waals surface area contributed by atoms with Crippen LogP contribution in [0.3, 0.4) is 0 Å². The van der Waals surface area contributed by atoms with Gasteiger partial charge in [0.2, 0.25) is 0 Å². The van der Waals surface area contributed by atoms with Crippen molar-refractivity contribution in [1.82, 2.24) is 15.3 Å². The standard InChI is InChI=1S/C17H21N3O2S/c1-12-15(23-17(20-12)14-5-2-3-8-18-14)16(21)19-9-4-10-22-11-13-6-7-13/h2-3,5,8,13H,4,6-7,9-11H2,1H3,(H,19,21). The lowest BCUT2D eigenvalue weighted by Gasteiger charge is -2.05. The zero-order valence-corrected chi connectivity index (χ0v) is 14.1. The monoisotopic (exact) mass is 331 g/mol. The lowest BCUT2D eigenvalue weighted by atomic mass is 10.3. The number of aromatic nitrogens is 2. The van der Waals surface area contributed by atoms with Crippen LogP contribution in [0.25, 0.3) is 10.7 Å². The molecule has 1 aliphatic rings. The normalized spacial score (nSPS) is 14.0. The average molecular weight is 331 g/mol. The highest BCUT2D eigenvalue weighted by Crippen LogP contribution is 2.28. The Morgan fingerprint density at radius 1 is 1.43 bits per heavy atom. The van der Waals surface area contributed by atoms with Crippen molar-refractivity contribution in [3.05, 3.63) is 35.0 Å². The highest BCUT2D eigenvalue weighted by molar-refractivity contribution is 7.17. The largest absolute Gasteiger partial charge is 0.381 e. The Labute approximate surface area is 140 Å². The van der Waals surface area contributed by atoms with Gasteiger partial charge in [-0.3, -0.25) is 9.78 Å². The van der Waals surface area contributed by atoms with E-state index in [9.17, 15) is 4.79 Å². The Morgan fingerprint density at radius 2 is 2.30 bits per heavy atom. The molecule has 1 saturated carbocycles. The van der Waals surface area contributed by atoms with Crippen LogP contribution in [0.1, 0.15) is 34.6 Å². The first-order valence-corrected chi connectivity index (χ1v) is 8.80. The van der Waals surface area contributed by atoms with Crippen molar-refractivity contribution in [3.63, 3.8) is 0 Å². The van der Waals surface area contributed by atoms with Crippen LogP contribution in [0.2, 0.25) is 0 Å². The predicted octanol–water partition coefficient (Wildman–Crippen LogP) is 3.06. The third kappa shape index (κ3) is 4.59. The van der Waals surface area contributed by atoms with E-state index in [0.29, 0.717) is 18.0 Å². The second-order valence-corrected chi connectivity index (χ2v) is 6.78. The highest BCUT2D eigenvalue weighted by Gasteiger charge is 2.21. The molecule has 0 saturated heterocycles. The molecule has 122 valence electrons. The van der Waals surface area contributed by atoms with Gasteiger partial charge in [0.25, 0.3) is 5.91 Å². The first-order chi connectivity index (χ1) is 11.2. The summed E-state index contributed by atoms with van der Waals surface area (Å²) in [5.74, 6) is 0.721. The minimum absolute atomic E-state index is 0.0654. The quantitative estimate of drug-likeness (QED) is 0.755. The molecule has 1 aliphatic carbocycles. The van der Waals surface area contributed by atoms with E-state index in [1.54, 1.807) is 6.20 Å². The van der Waals surface area contributed by atoms with Gasteiger partial charge >= 0.3 is 0 Å². The molecular formula is C17H21N3O2S. The Bertz CT molecular complexity index is 653. The van der Waals surface area contributed by atoms with Crippen LogP contribution in [0, 0.1) is 12.8 Å². The fourth-order valence-corrected chi connectivity index (χ4v) is 3.16. The molecule has 1 amide bonds. The van der Waals surface area contributed by atoms with E-state index in [0.717, 1.165) is 35.3 Å². The minimum atomic E-state index is -0.0654. The van der Waals surface area contributed by atoms with Gasteiger partial charge in [0, 0.05) is 26.0 Å². The maximum absolute atomic E-state index is 12.3. The number of amides is 1. The molecule has 2 aromatic rings. The molecule has 0 aromatic carbocycles. The molecule has 1 N–H and O–H groups in total. The molecule has 1 fully saturated rings. The number of nitrogens with one attached hydrogen (secondary N) is 1. The van der Waals surface area contributed by atoms with Crippen LogP contribution in [-0.4, -0.2) is 35.6 Å². The molecular weight excluding hydrogens is 310 g/mol. The molecule has 3 rings (SSSR count). The number of hydrogen-bond acceptors (Lipinski definition) is 5. The Hall–Kier alpha value is -1.79. The van der Waals surface area contributed by atoms with Gasteiger partial charge in [-0.2, -0.15) is 0 Å². The van der Waals surface area contributed by atoms with E-state index in [4.69, 9.17) is 4.74 Å². The molecule has 5 nitrogen and oxygen atoms in total. The smallest absolute Gasteiger partial charge is 0.263 e. The Morgan fingerprint density at radius 3 is 3.04 bits per heavy atom. The van der Waals surface area contributed by atoms with Gasteiger partial charge < -0.3 is 10.1 Å². The second-order valence-electron chi connectivity index (χ2n) is 5.78. The molecule has 0 radical (unpaired) electrons. The molecule has 0 spiro atoms. The number of pyridine rings is 1. The summed E-state index contributed by atoms with van der Waals surface area (Å²) in [6.45, 7) is 4.06. The maximum Gasteiger partial charge on any atom is 0.263 e. The molecule has 0 unspecified atom stereocenters. The lowest BCUT2D eigenvalue weighted by Crippen LogP contribution is -2.25. The summed E-state index contributed by atoms with van der Waals surface area (Å²) in [6, 6.07) is 5.68. The van der Waals surface area contributed by atoms with E-state index in [1.807, 2.05) is 25.1 Å². The summed E-state index contributed by atoms with van der Waals surface area (Å²) in [5.41, 5.74) is 1.55. The van der Waals surface area contributed by atoms with E-state index < -0.39 is 0 Å². The summed E-state index contributed by atoms with van der Waals surface area (Å²) >= 11 is 1.38. The SMILES string of the molecule is Cc1nc(-c2ccccn2)sc1C(=O)NCCCOCC1CC1. The van der Waals surface area contributed by atoms with Crippen molar-refractivity contribution in [2.45, 2.75) is 26.2 Å². The van der Waals surface area contributed by atoms with Gasteiger partial charge in [-0.25, -0.2) is 4.98 Å². The van der Waals surface area contributed by atoms with Crippen molar-refractivity contribution < 1.29 is 9.53 Å². The summed E-state index contributed by atoms with van der Waals surface area (Å²) in [5, 5.41) is 3.72. The van der Waals surface area contributed by atoms with E-state index in [1.165, 1.54) is 24.2 Å². The van der Waals surface area contributed by atoms with Crippen LogP contribution in [-0.2, 0) is 4.74 Å². The number of rotatable bonds is 8. The third-order valence-corrected chi connectivity index (χ3v) is 4.87. The Balaban J connectivity index is 1.48. The fraction of sp³-hybridized carbons (Fsp3) is 0.471. The van der Waals surface area contributed by atoms with Crippen molar-refractivity contribution in [3.8, 4) is 10.7 Å². The molecule has 2 aromatic heterocycles. The van der Waals surface area contributed by atoms with E-state index >= 15 is 0 Å². The molecule has 0 atom stereocenters. The van der Waals surface area contributed by atoms with E-state index in [2.05, 4.69) is 15.3 Å². The topological polar surface area (TPSA) is 64.1 Å². The first-order valence-electron chi connectivity index (χ1n) is 7.99. The predicted molar refractivity (Wildman–Crippen MR) is 90.6 cm³/mol. The van der Waals surface area contributed by atoms with E-state index in [-0.39, 0.29) is 5.91 Å². The van der Waals surface area contributed by atoms with Gasteiger partial charge in [-0.15, -0.1) is 11.3 Å². The van der Waals surface area contributed by atoms with Crippen molar-refractivity contribution in [2.75, 3.05) is 19.8 Å². The maximum atomic E-state index is 12.3. The number of thiazole rings is 1. The third-order valence-electron chi connectivity index (χ3n) is 3.69. The zero-order valence-electron chi connectivity index (χ0n) is 13.2. The van der Waals surface area contributed by atoms with Gasteiger partial charge in [-0.05, 0) is 44.2 Å².